The van der Waals surface area contributed by atoms with Crippen LogP contribution >= 0.6 is 11.6 Å². The van der Waals surface area contributed by atoms with Gasteiger partial charge in [-0.05, 0) is 36.2 Å². The third-order valence-electron chi connectivity index (χ3n) is 4.35. The Hall–Kier alpha value is -3.19. The molecule has 0 fully saturated rings. The highest BCUT2D eigenvalue weighted by Crippen LogP contribution is 2.24. The molecule has 0 atom stereocenters. The van der Waals surface area contributed by atoms with Gasteiger partial charge in [-0.15, -0.1) is 5.10 Å². The second kappa shape index (κ2) is 7.82. The molecule has 7 nitrogen and oxygen atoms in total. The van der Waals surface area contributed by atoms with E-state index in [1.807, 2.05) is 36.4 Å². The number of nitrogens with zero attached hydrogens (tertiary/aromatic N) is 4. The molecule has 0 aliphatic carbocycles. The second-order valence-corrected chi connectivity index (χ2v) is 6.84. The Morgan fingerprint density at radius 1 is 1.21 bits per heavy atom. The molecule has 0 radical (unpaired) electrons. The summed E-state index contributed by atoms with van der Waals surface area (Å²) >= 11 is 6.35. The predicted octanol–water partition coefficient (Wildman–Crippen LogP) is 3.70. The Morgan fingerprint density at radius 3 is 2.89 bits per heavy atom. The molecule has 0 aliphatic rings. The Kier molecular flexibility index (Phi) is 5.08. The quantitative estimate of drug-likeness (QED) is 0.520. The summed E-state index contributed by atoms with van der Waals surface area (Å²) in [5.74, 6) is 0.785. The third kappa shape index (κ3) is 3.75. The number of hydrogen-bond acceptors (Lipinski definition) is 5. The van der Waals surface area contributed by atoms with Crippen LogP contribution in [-0.4, -0.2) is 24.6 Å². The number of pyridine rings is 1. The molecule has 0 amide bonds. The summed E-state index contributed by atoms with van der Waals surface area (Å²) in [6, 6.07) is 13.1. The zero-order valence-electron chi connectivity index (χ0n) is 15.3. The van der Waals surface area contributed by atoms with E-state index in [9.17, 15) is 4.79 Å². The minimum Gasteiger partial charge on any atom is -0.349 e. The van der Waals surface area contributed by atoms with E-state index in [1.54, 1.807) is 12.3 Å². The minimum atomic E-state index is -0.201. The van der Waals surface area contributed by atoms with Gasteiger partial charge >= 0.3 is 0 Å². The Morgan fingerprint density at radius 2 is 2.11 bits per heavy atom. The van der Waals surface area contributed by atoms with Crippen LogP contribution < -0.4 is 10.9 Å². The maximum atomic E-state index is 12.2. The molecule has 0 unspecified atom stereocenters. The van der Waals surface area contributed by atoms with E-state index in [0.717, 1.165) is 35.4 Å². The molecule has 3 heterocycles. The normalized spacial score (nSPS) is 11.1. The van der Waals surface area contributed by atoms with Gasteiger partial charge in [0.15, 0.2) is 0 Å². The highest BCUT2D eigenvalue weighted by atomic mass is 35.5. The molecule has 2 N–H and O–H groups in total. The molecule has 3 aromatic heterocycles. The number of aromatic nitrogens is 5. The number of anilines is 1. The topological polar surface area (TPSA) is 88.0 Å². The van der Waals surface area contributed by atoms with E-state index in [-0.39, 0.29) is 5.56 Å². The van der Waals surface area contributed by atoms with Crippen LogP contribution in [0.15, 0.2) is 53.5 Å². The summed E-state index contributed by atoms with van der Waals surface area (Å²) < 4.78 is 1.26. The lowest BCUT2D eigenvalue weighted by atomic mass is 10.1. The summed E-state index contributed by atoms with van der Waals surface area (Å²) in [6.07, 6.45) is 3.49. The maximum absolute atomic E-state index is 12.2. The van der Waals surface area contributed by atoms with Gasteiger partial charge in [-0.3, -0.25) is 9.78 Å². The Balaban J connectivity index is 1.57. The van der Waals surface area contributed by atoms with Crippen molar-refractivity contribution in [3.05, 3.63) is 75.3 Å². The van der Waals surface area contributed by atoms with E-state index >= 15 is 0 Å². The Bertz CT molecular complexity index is 1170. The maximum Gasteiger partial charge on any atom is 0.275 e. The fourth-order valence-electron chi connectivity index (χ4n) is 2.99. The molecule has 4 rings (SSSR count). The largest absolute Gasteiger partial charge is 0.349 e. The summed E-state index contributed by atoms with van der Waals surface area (Å²) in [5, 5.41) is 8.01. The summed E-state index contributed by atoms with van der Waals surface area (Å²) in [7, 11) is 0. The van der Waals surface area contributed by atoms with Gasteiger partial charge in [-0.1, -0.05) is 37.1 Å². The minimum absolute atomic E-state index is 0.201. The molecule has 0 bridgehead atoms. The van der Waals surface area contributed by atoms with Crippen molar-refractivity contribution in [1.29, 1.82) is 0 Å². The number of aryl methyl sites for hydroxylation is 1. The first-order valence-electron chi connectivity index (χ1n) is 9.06. The van der Waals surface area contributed by atoms with Crippen LogP contribution in [0.25, 0.3) is 17.0 Å². The molecule has 0 saturated carbocycles. The SMILES string of the molecule is CCCc1cc(=O)n2nc(NCc3cc(-c4ccccn4)ccc3Cl)nc2[nH]1. The van der Waals surface area contributed by atoms with Crippen molar-refractivity contribution < 1.29 is 0 Å². The van der Waals surface area contributed by atoms with Crippen LogP contribution in [0.4, 0.5) is 5.95 Å². The van der Waals surface area contributed by atoms with Crippen molar-refractivity contribution >= 4 is 23.3 Å². The van der Waals surface area contributed by atoms with Gasteiger partial charge in [0.1, 0.15) is 0 Å². The number of rotatable bonds is 6. The summed E-state index contributed by atoms with van der Waals surface area (Å²) in [5.41, 5.74) is 3.39. The van der Waals surface area contributed by atoms with Crippen LogP contribution in [0.1, 0.15) is 24.6 Å². The van der Waals surface area contributed by atoms with E-state index < -0.39 is 0 Å². The van der Waals surface area contributed by atoms with Crippen LogP contribution in [0.5, 0.6) is 0 Å². The second-order valence-electron chi connectivity index (χ2n) is 6.43. The highest BCUT2D eigenvalue weighted by molar-refractivity contribution is 6.31. The average Bonchev–Trinajstić information content (AvgIpc) is 3.12. The van der Waals surface area contributed by atoms with Gasteiger partial charge in [-0.2, -0.15) is 9.50 Å². The summed E-state index contributed by atoms with van der Waals surface area (Å²) in [6.45, 7) is 2.48. The predicted molar refractivity (Wildman–Crippen MR) is 110 cm³/mol. The van der Waals surface area contributed by atoms with Crippen LogP contribution in [-0.2, 0) is 13.0 Å². The molecular weight excluding hydrogens is 376 g/mol. The van der Waals surface area contributed by atoms with Crippen LogP contribution in [0, 0.1) is 0 Å². The van der Waals surface area contributed by atoms with Crippen molar-refractivity contribution in [2.75, 3.05) is 5.32 Å². The lowest BCUT2D eigenvalue weighted by molar-refractivity contribution is 0.837. The molecule has 8 heteroatoms. The van der Waals surface area contributed by atoms with Gasteiger partial charge in [0, 0.05) is 35.1 Å². The van der Waals surface area contributed by atoms with Crippen molar-refractivity contribution in [2.24, 2.45) is 0 Å². The van der Waals surface area contributed by atoms with Gasteiger partial charge in [-0.25, -0.2) is 0 Å². The van der Waals surface area contributed by atoms with E-state index in [0.29, 0.717) is 23.3 Å². The van der Waals surface area contributed by atoms with Crippen molar-refractivity contribution in [2.45, 2.75) is 26.3 Å². The first-order chi connectivity index (χ1) is 13.6. The number of aromatic amines is 1. The zero-order valence-corrected chi connectivity index (χ0v) is 16.1. The fourth-order valence-corrected chi connectivity index (χ4v) is 3.18. The van der Waals surface area contributed by atoms with Crippen LogP contribution in [0.3, 0.4) is 0 Å². The molecule has 0 saturated heterocycles. The number of nitrogens with one attached hydrogen (secondary N) is 2. The molecular formula is C20H19ClN6O. The first-order valence-corrected chi connectivity index (χ1v) is 9.44. The highest BCUT2D eigenvalue weighted by Gasteiger charge is 2.10. The van der Waals surface area contributed by atoms with Crippen LogP contribution in [0.2, 0.25) is 5.02 Å². The Labute approximate surface area is 166 Å². The van der Waals surface area contributed by atoms with Gasteiger partial charge in [0.2, 0.25) is 11.7 Å². The lowest BCUT2D eigenvalue weighted by Crippen LogP contribution is -2.15. The molecule has 1 aromatic carbocycles. The zero-order chi connectivity index (χ0) is 19.5. The van der Waals surface area contributed by atoms with Crippen molar-refractivity contribution in [3.8, 4) is 11.3 Å². The van der Waals surface area contributed by atoms with Gasteiger partial charge in [0.25, 0.3) is 5.56 Å². The molecule has 142 valence electrons. The first kappa shape index (κ1) is 18.2. The standard InChI is InChI=1S/C20H19ClN6O/c1-2-5-15-11-18(28)27-20(24-15)25-19(26-27)23-12-14-10-13(7-8-16(14)21)17-6-3-4-9-22-17/h3-4,6-11H,2,5,12H2,1H3,(H2,23,24,25,26). The van der Waals surface area contributed by atoms with Gasteiger partial charge < -0.3 is 10.3 Å². The van der Waals surface area contributed by atoms with Crippen molar-refractivity contribution in [3.63, 3.8) is 0 Å². The fraction of sp³-hybridized carbons (Fsp3) is 0.200. The number of H-pyrrole nitrogens is 1. The summed E-state index contributed by atoms with van der Waals surface area (Å²) in [4.78, 5) is 24.1. The molecule has 28 heavy (non-hydrogen) atoms. The van der Waals surface area contributed by atoms with Gasteiger partial charge in [0.05, 0.1) is 5.69 Å². The van der Waals surface area contributed by atoms with E-state index in [2.05, 4.69) is 32.3 Å². The number of hydrogen-bond donors (Lipinski definition) is 2. The molecule has 4 aromatic rings. The smallest absolute Gasteiger partial charge is 0.275 e. The number of halogens is 1. The van der Waals surface area contributed by atoms with E-state index in [1.165, 1.54) is 4.52 Å². The third-order valence-corrected chi connectivity index (χ3v) is 4.72. The van der Waals surface area contributed by atoms with E-state index in [4.69, 9.17) is 11.6 Å². The number of benzene rings is 1. The lowest BCUT2D eigenvalue weighted by Gasteiger charge is -2.08. The average molecular weight is 395 g/mol. The monoisotopic (exact) mass is 394 g/mol. The van der Waals surface area contributed by atoms with Crippen molar-refractivity contribution in [1.82, 2.24) is 24.6 Å². The molecule has 0 spiro atoms. The molecule has 0 aliphatic heterocycles. The number of fused-ring (bicyclic) bond motifs is 1.